The third-order valence-electron chi connectivity index (χ3n) is 2.53. The molecule has 0 saturated heterocycles. The maximum absolute atomic E-state index is 11.9. The first-order valence-electron chi connectivity index (χ1n) is 5.53. The highest BCUT2D eigenvalue weighted by molar-refractivity contribution is 6.10. The Hall–Kier alpha value is -2.55. The molecule has 2 aromatic carbocycles. The van der Waals surface area contributed by atoms with Crippen LogP contribution in [0, 0.1) is 0 Å². The number of rotatable bonds is 3. The molecule has 3 N–H and O–H groups in total. The van der Waals surface area contributed by atoms with Crippen LogP contribution in [0.3, 0.4) is 0 Å². The van der Waals surface area contributed by atoms with Crippen LogP contribution < -0.4 is 5.73 Å². The summed E-state index contributed by atoms with van der Waals surface area (Å²) in [7, 11) is 0. The Morgan fingerprint density at radius 1 is 1.11 bits per heavy atom. The minimum atomic E-state index is -0.229. The van der Waals surface area contributed by atoms with E-state index < -0.39 is 0 Å². The molecule has 0 saturated carbocycles. The topological polar surface area (TPSA) is 63.3 Å². The molecule has 0 fully saturated rings. The second-order valence-corrected chi connectivity index (χ2v) is 3.88. The summed E-state index contributed by atoms with van der Waals surface area (Å²) in [6, 6.07) is 13.8. The summed E-state index contributed by atoms with van der Waals surface area (Å²) in [5, 5.41) is 9.34. The second-order valence-electron chi connectivity index (χ2n) is 3.88. The average Bonchev–Trinajstić information content (AvgIpc) is 2.40. The first-order chi connectivity index (χ1) is 8.66. The molecule has 0 amide bonds. The molecule has 0 unspecified atom stereocenters. The number of phenols is 1. The van der Waals surface area contributed by atoms with Crippen LogP contribution in [0.1, 0.15) is 15.9 Å². The normalized spacial score (nSPS) is 10.7. The second kappa shape index (κ2) is 5.19. The number of hydrogen-bond acceptors (Lipinski definition) is 3. The van der Waals surface area contributed by atoms with Gasteiger partial charge in [0.2, 0.25) is 0 Å². The van der Waals surface area contributed by atoms with Gasteiger partial charge in [0.15, 0.2) is 5.78 Å². The number of nitrogens with two attached hydrogens (primary N) is 1. The molecule has 0 aliphatic heterocycles. The van der Waals surface area contributed by atoms with Crippen molar-refractivity contribution in [2.24, 2.45) is 0 Å². The fourth-order valence-electron chi connectivity index (χ4n) is 1.58. The monoisotopic (exact) mass is 239 g/mol. The number of nitrogen functional groups attached to an aromatic ring is 1. The standard InChI is InChI=1S/C15H13NO2/c16-14-8-7-12(17)10-13(14)15(18)9-6-11-4-2-1-3-5-11/h1-10,17H,16H2/b9-6+. The zero-order chi connectivity index (χ0) is 13.0. The van der Waals surface area contributed by atoms with Gasteiger partial charge in [-0.05, 0) is 29.8 Å². The molecule has 3 nitrogen and oxygen atoms in total. The molecule has 0 bridgehead atoms. The van der Waals surface area contributed by atoms with Crippen molar-refractivity contribution < 1.29 is 9.90 Å². The highest BCUT2D eigenvalue weighted by Crippen LogP contribution is 2.19. The van der Waals surface area contributed by atoms with Gasteiger partial charge in [-0.3, -0.25) is 4.79 Å². The zero-order valence-electron chi connectivity index (χ0n) is 9.71. The SMILES string of the molecule is Nc1ccc(O)cc1C(=O)/C=C/c1ccccc1. The van der Waals surface area contributed by atoms with Gasteiger partial charge in [0.05, 0.1) is 0 Å². The van der Waals surface area contributed by atoms with E-state index in [2.05, 4.69) is 0 Å². The van der Waals surface area contributed by atoms with Crippen LogP contribution in [0.15, 0.2) is 54.6 Å². The van der Waals surface area contributed by atoms with Crippen molar-refractivity contribution in [3.05, 3.63) is 65.7 Å². The van der Waals surface area contributed by atoms with Gasteiger partial charge in [0.25, 0.3) is 0 Å². The molecule has 0 heterocycles. The number of ketones is 1. The molecular formula is C15H13NO2. The minimum Gasteiger partial charge on any atom is -0.508 e. The zero-order valence-corrected chi connectivity index (χ0v) is 9.71. The lowest BCUT2D eigenvalue weighted by Gasteiger charge is -2.02. The lowest BCUT2D eigenvalue weighted by molar-refractivity contribution is 0.104. The van der Waals surface area contributed by atoms with E-state index in [1.54, 1.807) is 6.08 Å². The fraction of sp³-hybridized carbons (Fsp3) is 0. The predicted octanol–water partition coefficient (Wildman–Crippen LogP) is 2.87. The highest BCUT2D eigenvalue weighted by atomic mass is 16.3. The molecule has 3 heteroatoms. The summed E-state index contributed by atoms with van der Waals surface area (Å²) >= 11 is 0. The van der Waals surface area contributed by atoms with E-state index >= 15 is 0 Å². The quantitative estimate of drug-likeness (QED) is 0.374. The van der Waals surface area contributed by atoms with Crippen LogP contribution in [0.2, 0.25) is 0 Å². The van der Waals surface area contributed by atoms with Crippen LogP contribution in [0.4, 0.5) is 5.69 Å². The maximum atomic E-state index is 11.9. The summed E-state index contributed by atoms with van der Waals surface area (Å²) in [6.07, 6.45) is 3.16. The minimum absolute atomic E-state index is 0.0284. The molecule has 0 aliphatic rings. The van der Waals surface area contributed by atoms with Gasteiger partial charge >= 0.3 is 0 Å². The Balaban J connectivity index is 2.22. The lowest BCUT2D eigenvalue weighted by Crippen LogP contribution is -2.00. The molecule has 0 aliphatic carbocycles. The maximum Gasteiger partial charge on any atom is 0.188 e. The van der Waals surface area contributed by atoms with Gasteiger partial charge < -0.3 is 10.8 Å². The summed E-state index contributed by atoms with van der Waals surface area (Å²) in [5.41, 5.74) is 7.29. The fourth-order valence-corrected chi connectivity index (χ4v) is 1.58. The molecule has 2 rings (SSSR count). The molecule has 2 aromatic rings. The van der Waals surface area contributed by atoms with Crippen LogP contribution >= 0.6 is 0 Å². The van der Waals surface area contributed by atoms with E-state index in [1.165, 1.54) is 24.3 Å². The van der Waals surface area contributed by atoms with Gasteiger partial charge in [0.1, 0.15) is 5.75 Å². The van der Waals surface area contributed by atoms with Crippen molar-refractivity contribution >= 4 is 17.5 Å². The number of benzene rings is 2. The van der Waals surface area contributed by atoms with Gasteiger partial charge in [-0.2, -0.15) is 0 Å². The summed E-state index contributed by atoms with van der Waals surface area (Å²) in [5.74, 6) is -0.201. The highest BCUT2D eigenvalue weighted by Gasteiger charge is 2.07. The molecule has 0 aromatic heterocycles. The van der Waals surface area contributed by atoms with Crippen molar-refractivity contribution in [1.29, 1.82) is 0 Å². The van der Waals surface area contributed by atoms with E-state index in [1.807, 2.05) is 30.3 Å². The smallest absolute Gasteiger partial charge is 0.188 e. The van der Waals surface area contributed by atoms with E-state index in [9.17, 15) is 9.90 Å². The summed E-state index contributed by atoms with van der Waals surface area (Å²) in [4.78, 5) is 11.9. The predicted molar refractivity (Wildman–Crippen MR) is 72.3 cm³/mol. The third kappa shape index (κ3) is 2.77. The number of anilines is 1. The third-order valence-corrected chi connectivity index (χ3v) is 2.53. The number of allylic oxidation sites excluding steroid dienone is 1. The molecule has 0 spiro atoms. The van der Waals surface area contributed by atoms with Crippen LogP contribution in [-0.4, -0.2) is 10.9 Å². The van der Waals surface area contributed by atoms with Crippen LogP contribution in [0.5, 0.6) is 5.75 Å². The first kappa shape index (κ1) is 11.9. The van der Waals surface area contributed by atoms with Crippen molar-refractivity contribution in [1.82, 2.24) is 0 Å². The molecule has 90 valence electrons. The van der Waals surface area contributed by atoms with Crippen molar-refractivity contribution in [2.75, 3.05) is 5.73 Å². The van der Waals surface area contributed by atoms with Gasteiger partial charge in [-0.1, -0.05) is 36.4 Å². The van der Waals surface area contributed by atoms with Crippen molar-refractivity contribution in [3.63, 3.8) is 0 Å². The number of phenolic OH excluding ortho intramolecular Hbond substituents is 1. The van der Waals surface area contributed by atoms with E-state index in [0.717, 1.165) is 5.56 Å². The number of carbonyl (C=O) groups is 1. The van der Waals surface area contributed by atoms with Gasteiger partial charge in [0, 0.05) is 11.3 Å². The summed E-state index contributed by atoms with van der Waals surface area (Å²) in [6.45, 7) is 0. The summed E-state index contributed by atoms with van der Waals surface area (Å²) < 4.78 is 0. The van der Waals surface area contributed by atoms with Crippen LogP contribution in [0.25, 0.3) is 6.08 Å². The average molecular weight is 239 g/mol. The lowest BCUT2D eigenvalue weighted by atomic mass is 10.1. The Bertz CT molecular complexity index is 589. The van der Waals surface area contributed by atoms with E-state index in [-0.39, 0.29) is 11.5 Å². The molecule has 0 atom stereocenters. The Labute approximate surface area is 105 Å². The van der Waals surface area contributed by atoms with Gasteiger partial charge in [-0.15, -0.1) is 0 Å². The first-order valence-corrected chi connectivity index (χ1v) is 5.53. The van der Waals surface area contributed by atoms with Crippen molar-refractivity contribution in [2.45, 2.75) is 0 Å². The number of carbonyl (C=O) groups excluding carboxylic acids is 1. The Morgan fingerprint density at radius 2 is 1.83 bits per heavy atom. The largest absolute Gasteiger partial charge is 0.508 e. The Morgan fingerprint density at radius 3 is 2.56 bits per heavy atom. The molecule has 0 radical (unpaired) electrons. The van der Waals surface area contributed by atoms with Crippen LogP contribution in [-0.2, 0) is 0 Å². The van der Waals surface area contributed by atoms with E-state index in [4.69, 9.17) is 5.73 Å². The van der Waals surface area contributed by atoms with E-state index in [0.29, 0.717) is 11.3 Å². The molecular weight excluding hydrogens is 226 g/mol. The number of hydrogen-bond donors (Lipinski definition) is 2. The Kier molecular flexibility index (Phi) is 3.44. The van der Waals surface area contributed by atoms with Gasteiger partial charge in [-0.25, -0.2) is 0 Å². The van der Waals surface area contributed by atoms with Crippen molar-refractivity contribution in [3.8, 4) is 5.75 Å². The number of aromatic hydroxyl groups is 1. The molecule has 18 heavy (non-hydrogen) atoms.